The molecular formula is C19H16N4OS. The van der Waals surface area contributed by atoms with Gasteiger partial charge in [-0.2, -0.15) is 5.10 Å². The van der Waals surface area contributed by atoms with Crippen molar-refractivity contribution in [1.82, 2.24) is 14.8 Å². The molecule has 2 aromatic heterocycles. The van der Waals surface area contributed by atoms with Gasteiger partial charge in [0.2, 0.25) is 0 Å². The fraction of sp³-hybridized carbons (Fsp3) is 0.105. The molecule has 0 bridgehead atoms. The fourth-order valence-corrected chi connectivity index (χ4v) is 3.62. The van der Waals surface area contributed by atoms with Gasteiger partial charge in [-0.15, -0.1) is 11.3 Å². The highest BCUT2D eigenvalue weighted by atomic mass is 32.1. The molecular weight excluding hydrogens is 332 g/mol. The van der Waals surface area contributed by atoms with Crippen molar-refractivity contribution < 1.29 is 4.79 Å². The Morgan fingerprint density at radius 3 is 2.68 bits per heavy atom. The van der Waals surface area contributed by atoms with E-state index in [0.717, 1.165) is 22.6 Å². The van der Waals surface area contributed by atoms with Crippen molar-refractivity contribution in [3.05, 3.63) is 77.1 Å². The first-order chi connectivity index (χ1) is 12.2. The minimum absolute atomic E-state index is 0.160. The maximum Gasteiger partial charge on any atom is 0.258 e. The Bertz CT molecular complexity index is 1000. The molecule has 0 atom stereocenters. The van der Waals surface area contributed by atoms with Crippen LogP contribution in [0.3, 0.4) is 0 Å². The van der Waals surface area contributed by atoms with Crippen molar-refractivity contribution in [2.45, 2.75) is 6.42 Å². The van der Waals surface area contributed by atoms with Crippen LogP contribution in [0.4, 0.5) is 5.69 Å². The van der Waals surface area contributed by atoms with E-state index in [2.05, 4.69) is 21.5 Å². The summed E-state index contributed by atoms with van der Waals surface area (Å²) in [7, 11) is 1.79. The quantitative estimate of drug-likeness (QED) is 0.609. The number of nitrogens with one attached hydrogen (secondary N) is 1. The van der Waals surface area contributed by atoms with Crippen LogP contribution in [-0.2, 0) is 13.5 Å². The number of benzene rings is 2. The predicted molar refractivity (Wildman–Crippen MR) is 100 cm³/mol. The van der Waals surface area contributed by atoms with E-state index in [1.165, 1.54) is 10.3 Å². The topological polar surface area (TPSA) is 59.8 Å². The van der Waals surface area contributed by atoms with E-state index in [1.807, 2.05) is 42.5 Å². The summed E-state index contributed by atoms with van der Waals surface area (Å²) in [6.07, 6.45) is 4.03. The van der Waals surface area contributed by atoms with E-state index in [9.17, 15) is 4.79 Å². The number of hydrogen-bond acceptors (Lipinski definition) is 4. The zero-order valence-electron chi connectivity index (χ0n) is 13.6. The number of aryl methyl sites for hydroxylation is 1. The van der Waals surface area contributed by atoms with Crippen molar-refractivity contribution in [3.8, 4) is 0 Å². The highest BCUT2D eigenvalue weighted by Gasteiger charge is 2.09. The molecule has 4 aromatic rings. The van der Waals surface area contributed by atoms with Crippen LogP contribution in [0.2, 0.25) is 0 Å². The lowest BCUT2D eigenvalue weighted by molar-refractivity contribution is 0.102. The first-order valence-corrected chi connectivity index (χ1v) is 8.72. The second-order valence-electron chi connectivity index (χ2n) is 5.81. The number of fused-ring (bicyclic) bond motifs is 1. The van der Waals surface area contributed by atoms with E-state index in [4.69, 9.17) is 0 Å². The van der Waals surface area contributed by atoms with E-state index >= 15 is 0 Å². The summed E-state index contributed by atoms with van der Waals surface area (Å²) in [5.74, 6) is -0.160. The molecule has 0 radical (unpaired) electrons. The maximum absolute atomic E-state index is 12.1. The van der Waals surface area contributed by atoms with Gasteiger partial charge in [-0.05, 0) is 29.8 Å². The smallest absolute Gasteiger partial charge is 0.258 e. The van der Waals surface area contributed by atoms with Gasteiger partial charge in [-0.25, -0.2) is 4.98 Å². The zero-order valence-corrected chi connectivity index (χ0v) is 14.5. The lowest BCUT2D eigenvalue weighted by atomic mass is 10.1. The largest absolute Gasteiger partial charge is 0.322 e. The summed E-state index contributed by atoms with van der Waals surface area (Å²) in [6, 6.07) is 16.0. The van der Waals surface area contributed by atoms with Gasteiger partial charge in [-0.1, -0.05) is 24.3 Å². The van der Waals surface area contributed by atoms with Crippen LogP contribution in [0.25, 0.3) is 10.2 Å². The molecule has 25 heavy (non-hydrogen) atoms. The van der Waals surface area contributed by atoms with Crippen LogP contribution in [0.1, 0.15) is 20.9 Å². The first-order valence-electron chi connectivity index (χ1n) is 7.91. The molecule has 0 aliphatic heterocycles. The molecule has 1 amide bonds. The van der Waals surface area contributed by atoms with Gasteiger partial charge in [0.1, 0.15) is 0 Å². The van der Waals surface area contributed by atoms with Gasteiger partial charge in [0.25, 0.3) is 5.91 Å². The Hall–Kier alpha value is -2.99. The predicted octanol–water partition coefficient (Wildman–Crippen LogP) is 3.87. The van der Waals surface area contributed by atoms with Gasteiger partial charge >= 0.3 is 0 Å². The SMILES string of the molecule is Cn1cc(C(=O)Nc2ccc(Cc3nc4ccccc4s3)cc2)cn1. The Morgan fingerprint density at radius 2 is 1.96 bits per heavy atom. The molecule has 2 aromatic carbocycles. The molecule has 124 valence electrons. The summed E-state index contributed by atoms with van der Waals surface area (Å²) in [5, 5.41) is 7.98. The molecule has 5 nitrogen and oxygen atoms in total. The molecule has 0 saturated heterocycles. The molecule has 0 unspecified atom stereocenters. The molecule has 0 fully saturated rings. The average Bonchev–Trinajstić information content (AvgIpc) is 3.22. The average molecular weight is 348 g/mol. The van der Waals surface area contributed by atoms with Crippen molar-refractivity contribution in [3.63, 3.8) is 0 Å². The van der Waals surface area contributed by atoms with E-state index in [1.54, 1.807) is 35.5 Å². The number of aromatic nitrogens is 3. The summed E-state index contributed by atoms with van der Waals surface area (Å²) >= 11 is 1.72. The summed E-state index contributed by atoms with van der Waals surface area (Å²) in [5.41, 5.74) is 3.52. The number of rotatable bonds is 4. The standard InChI is InChI=1S/C19H16N4OS/c1-23-12-14(11-20-23)19(24)21-15-8-6-13(7-9-15)10-18-22-16-4-2-3-5-17(16)25-18/h2-9,11-12H,10H2,1H3,(H,21,24). The van der Waals surface area contributed by atoms with Gasteiger partial charge in [0.15, 0.2) is 0 Å². The van der Waals surface area contributed by atoms with Crippen LogP contribution < -0.4 is 5.32 Å². The monoisotopic (exact) mass is 348 g/mol. The zero-order chi connectivity index (χ0) is 17.2. The molecule has 0 aliphatic carbocycles. The number of anilines is 1. The number of para-hydroxylation sites is 1. The molecule has 0 spiro atoms. The number of carbonyl (C=O) groups is 1. The lowest BCUT2D eigenvalue weighted by Gasteiger charge is -2.05. The van der Waals surface area contributed by atoms with Crippen LogP contribution in [0, 0.1) is 0 Å². The Morgan fingerprint density at radius 1 is 1.16 bits per heavy atom. The number of carbonyl (C=O) groups excluding carboxylic acids is 1. The number of hydrogen-bond donors (Lipinski definition) is 1. The van der Waals surface area contributed by atoms with Crippen LogP contribution in [0.15, 0.2) is 60.9 Å². The summed E-state index contributed by atoms with van der Waals surface area (Å²) in [4.78, 5) is 16.8. The maximum atomic E-state index is 12.1. The third-order valence-corrected chi connectivity index (χ3v) is 4.91. The van der Waals surface area contributed by atoms with Gasteiger partial charge in [0.05, 0.1) is 27.0 Å². The minimum atomic E-state index is -0.160. The van der Waals surface area contributed by atoms with E-state index < -0.39 is 0 Å². The number of nitrogens with zero attached hydrogens (tertiary/aromatic N) is 3. The van der Waals surface area contributed by atoms with Crippen LogP contribution >= 0.6 is 11.3 Å². The van der Waals surface area contributed by atoms with Crippen LogP contribution in [0.5, 0.6) is 0 Å². The molecule has 1 N–H and O–H groups in total. The van der Waals surface area contributed by atoms with Gasteiger partial charge in [-0.3, -0.25) is 9.48 Å². The molecule has 4 rings (SSSR count). The Balaban J connectivity index is 1.45. The molecule has 2 heterocycles. The third-order valence-electron chi connectivity index (χ3n) is 3.87. The van der Waals surface area contributed by atoms with E-state index in [0.29, 0.717) is 5.56 Å². The second kappa shape index (κ2) is 6.49. The number of thiazole rings is 1. The van der Waals surface area contributed by atoms with E-state index in [-0.39, 0.29) is 5.91 Å². The Labute approximate surface area is 149 Å². The highest BCUT2D eigenvalue weighted by Crippen LogP contribution is 2.24. The van der Waals surface area contributed by atoms with Crippen molar-refractivity contribution >= 4 is 33.1 Å². The fourth-order valence-electron chi connectivity index (χ4n) is 2.62. The summed E-state index contributed by atoms with van der Waals surface area (Å²) in [6.45, 7) is 0. The van der Waals surface area contributed by atoms with Crippen molar-refractivity contribution in [2.24, 2.45) is 7.05 Å². The second-order valence-corrected chi connectivity index (χ2v) is 6.92. The van der Waals surface area contributed by atoms with Crippen LogP contribution in [-0.4, -0.2) is 20.7 Å². The van der Waals surface area contributed by atoms with Crippen molar-refractivity contribution in [2.75, 3.05) is 5.32 Å². The summed E-state index contributed by atoms with van der Waals surface area (Å²) < 4.78 is 2.81. The van der Waals surface area contributed by atoms with Crippen molar-refractivity contribution in [1.29, 1.82) is 0 Å². The number of amides is 1. The van der Waals surface area contributed by atoms with Gasteiger partial charge in [0, 0.05) is 25.4 Å². The molecule has 0 aliphatic rings. The Kier molecular flexibility index (Phi) is 4.03. The minimum Gasteiger partial charge on any atom is -0.322 e. The molecule has 6 heteroatoms. The normalized spacial score (nSPS) is 10.9. The van der Waals surface area contributed by atoms with Gasteiger partial charge < -0.3 is 5.32 Å². The first kappa shape index (κ1) is 15.5. The lowest BCUT2D eigenvalue weighted by Crippen LogP contribution is -2.11. The highest BCUT2D eigenvalue weighted by molar-refractivity contribution is 7.18. The third kappa shape index (κ3) is 3.44. The molecule has 0 saturated carbocycles.